The smallest absolute Gasteiger partial charge is 0.136 e. The maximum atomic E-state index is 5.87. The maximum absolute atomic E-state index is 5.87. The van der Waals surface area contributed by atoms with E-state index in [1.807, 2.05) is 43.3 Å². The molecule has 1 aromatic heterocycles. The second-order valence-electron chi connectivity index (χ2n) is 4.03. The Labute approximate surface area is 113 Å². The van der Waals surface area contributed by atoms with E-state index in [-0.39, 0.29) is 6.10 Å². The summed E-state index contributed by atoms with van der Waals surface area (Å²) in [5.41, 5.74) is 6.78. The van der Waals surface area contributed by atoms with E-state index >= 15 is 0 Å². The van der Waals surface area contributed by atoms with Gasteiger partial charge < -0.3 is 15.2 Å². The molecule has 19 heavy (non-hydrogen) atoms. The summed E-state index contributed by atoms with van der Waals surface area (Å²) in [6.45, 7) is 3.03. The van der Waals surface area contributed by atoms with E-state index in [1.165, 1.54) is 0 Å². The molecule has 2 rings (SSSR count). The van der Waals surface area contributed by atoms with Gasteiger partial charge in [0.1, 0.15) is 17.6 Å². The summed E-state index contributed by atoms with van der Waals surface area (Å²) in [5, 5.41) is 0. The van der Waals surface area contributed by atoms with Crippen molar-refractivity contribution in [3.63, 3.8) is 0 Å². The number of nitrogens with zero attached hydrogens (tertiary/aromatic N) is 1. The summed E-state index contributed by atoms with van der Waals surface area (Å²) in [7, 11) is 0. The Morgan fingerprint density at radius 1 is 1.05 bits per heavy atom. The SMILES string of the molecule is CCOc1ccc(OC(CN)c2ccncc2)cc1. The zero-order valence-corrected chi connectivity index (χ0v) is 11.0. The standard InChI is InChI=1S/C15H18N2O2/c1-2-18-13-3-5-14(6-4-13)19-15(11-16)12-7-9-17-10-8-12/h3-10,15H,2,11,16H2,1H3. The summed E-state index contributed by atoms with van der Waals surface area (Å²) in [5.74, 6) is 1.61. The first-order chi connectivity index (χ1) is 9.33. The van der Waals surface area contributed by atoms with Gasteiger partial charge >= 0.3 is 0 Å². The van der Waals surface area contributed by atoms with Gasteiger partial charge in [-0.05, 0) is 48.9 Å². The normalized spacial score (nSPS) is 11.9. The molecule has 2 aromatic rings. The van der Waals surface area contributed by atoms with E-state index in [2.05, 4.69) is 4.98 Å². The van der Waals surface area contributed by atoms with Crippen molar-refractivity contribution in [1.29, 1.82) is 0 Å². The molecule has 0 saturated carbocycles. The van der Waals surface area contributed by atoms with Crippen molar-refractivity contribution in [2.24, 2.45) is 5.73 Å². The van der Waals surface area contributed by atoms with Crippen LogP contribution in [0.5, 0.6) is 11.5 Å². The van der Waals surface area contributed by atoms with Crippen LogP contribution in [0.2, 0.25) is 0 Å². The van der Waals surface area contributed by atoms with Crippen LogP contribution in [0, 0.1) is 0 Å². The van der Waals surface area contributed by atoms with Crippen LogP contribution in [0.15, 0.2) is 48.8 Å². The Morgan fingerprint density at radius 3 is 2.26 bits per heavy atom. The van der Waals surface area contributed by atoms with Gasteiger partial charge in [-0.15, -0.1) is 0 Å². The minimum atomic E-state index is -0.166. The fourth-order valence-corrected chi connectivity index (χ4v) is 1.78. The van der Waals surface area contributed by atoms with Crippen molar-refractivity contribution in [3.05, 3.63) is 54.4 Å². The van der Waals surface area contributed by atoms with E-state index < -0.39 is 0 Å². The summed E-state index contributed by atoms with van der Waals surface area (Å²) >= 11 is 0. The van der Waals surface area contributed by atoms with Gasteiger partial charge in [-0.3, -0.25) is 4.98 Å². The number of aromatic nitrogens is 1. The van der Waals surface area contributed by atoms with Crippen LogP contribution in [0.1, 0.15) is 18.6 Å². The van der Waals surface area contributed by atoms with E-state index in [9.17, 15) is 0 Å². The van der Waals surface area contributed by atoms with Gasteiger partial charge in [-0.25, -0.2) is 0 Å². The van der Waals surface area contributed by atoms with Crippen LogP contribution in [0.25, 0.3) is 0 Å². The van der Waals surface area contributed by atoms with Crippen molar-refractivity contribution < 1.29 is 9.47 Å². The van der Waals surface area contributed by atoms with Gasteiger partial charge in [-0.1, -0.05) is 0 Å². The minimum Gasteiger partial charge on any atom is -0.494 e. The van der Waals surface area contributed by atoms with E-state index in [0.29, 0.717) is 13.2 Å². The predicted octanol–water partition coefficient (Wildman–Crippen LogP) is 2.56. The summed E-state index contributed by atoms with van der Waals surface area (Å²) in [4.78, 5) is 3.99. The number of benzene rings is 1. The second-order valence-corrected chi connectivity index (χ2v) is 4.03. The number of nitrogens with two attached hydrogens (primary N) is 1. The molecule has 0 spiro atoms. The molecule has 4 nitrogen and oxygen atoms in total. The van der Waals surface area contributed by atoms with Crippen LogP contribution in [0.4, 0.5) is 0 Å². The Kier molecular flexibility index (Phi) is 4.75. The second kappa shape index (κ2) is 6.75. The first-order valence-electron chi connectivity index (χ1n) is 6.33. The molecule has 4 heteroatoms. The van der Waals surface area contributed by atoms with Crippen molar-refractivity contribution in [3.8, 4) is 11.5 Å². The largest absolute Gasteiger partial charge is 0.494 e. The number of hydrogen-bond donors (Lipinski definition) is 1. The highest BCUT2D eigenvalue weighted by atomic mass is 16.5. The number of rotatable bonds is 6. The topological polar surface area (TPSA) is 57.4 Å². The molecule has 2 N–H and O–H groups in total. The summed E-state index contributed by atoms with van der Waals surface area (Å²) in [6.07, 6.45) is 3.31. The Balaban J connectivity index is 2.06. The molecule has 0 bridgehead atoms. The highest BCUT2D eigenvalue weighted by Crippen LogP contribution is 2.23. The Hall–Kier alpha value is -2.07. The third-order valence-corrected chi connectivity index (χ3v) is 2.71. The van der Waals surface area contributed by atoms with Crippen molar-refractivity contribution in [2.45, 2.75) is 13.0 Å². The van der Waals surface area contributed by atoms with Gasteiger partial charge in [0.2, 0.25) is 0 Å². The fourth-order valence-electron chi connectivity index (χ4n) is 1.78. The molecule has 0 amide bonds. The molecule has 1 atom stereocenters. The van der Waals surface area contributed by atoms with Gasteiger partial charge in [0.15, 0.2) is 0 Å². The third-order valence-electron chi connectivity index (χ3n) is 2.71. The Bertz CT molecular complexity index is 485. The molecule has 0 radical (unpaired) electrons. The fraction of sp³-hybridized carbons (Fsp3) is 0.267. The third kappa shape index (κ3) is 3.69. The molecule has 1 heterocycles. The number of ether oxygens (including phenoxy) is 2. The molecule has 0 aliphatic rings. The van der Waals surface area contributed by atoms with Crippen LogP contribution >= 0.6 is 0 Å². The van der Waals surface area contributed by atoms with Crippen LogP contribution in [-0.4, -0.2) is 18.1 Å². The molecule has 100 valence electrons. The van der Waals surface area contributed by atoms with Crippen LogP contribution < -0.4 is 15.2 Å². The first kappa shape index (κ1) is 13.4. The van der Waals surface area contributed by atoms with E-state index in [0.717, 1.165) is 17.1 Å². The first-order valence-corrected chi connectivity index (χ1v) is 6.33. The zero-order chi connectivity index (χ0) is 13.5. The molecule has 0 saturated heterocycles. The lowest BCUT2D eigenvalue weighted by molar-refractivity contribution is 0.213. The van der Waals surface area contributed by atoms with E-state index in [1.54, 1.807) is 12.4 Å². The van der Waals surface area contributed by atoms with Crippen LogP contribution in [0.3, 0.4) is 0 Å². The van der Waals surface area contributed by atoms with Gasteiger partial charge in [-0.2, -0.15) is 0 Å². The van der Waals surface area contributed by atoms with Crippen molar-refractivity contribution in [1.82, 2.24) is 4.98 Å². The predicted molar refractivity (Wildman–Crippen MR) is 74.3 cm³/mol. The molecule has 0 aliphatic heterocycles. The van der Waals surface area contributed by atoms with Crippen molar-refractivity contribution >= 4 is 0 Å². The lowest BCUT2D eigenvalue weighted by atomic mass is 10.1. The van der Waals surface area contributed by atoms with Gasteiger partial charge in [0.25, 0.3) is 0 Å². The highest BCUT2D eigenvalue weighted by Gasteiger charge is 2.11. The van der Waals surface area contributed by atoms with Gasteiger partial charge in [0.05, 0.1) is 6.61 Å². The summed E-state index contributed by atoms with van der Waals surface area (Å²) in [6, 6.07) is 11.4. The lowest BCUT2D eigenvalue weighted by Gasteiger charge is -2.17. The zero-order valence-electron chi connectivity index (χ0n) is 11.0. The molecular weight excluding hydrogens is 240 g/mol. The average Bonchev–Trinajstić information content (AvgIpc) is 2.48. The quantitative estimate of drug-likeness (QED) is 0.865. The summed E-state index contributed by atoms with van der Waals surface area (Å²) < 4.78 is 11.3. The Morgan fingerprint density at radius 2 is 1.68 bits per heavy atom. The minimum absolute atomic E-state index is 0.166. The molecule has 1 unspecified atom stereocenters. The lowest BCUT2D eigenvalue weighted by Crippen LogP contribution is -2.18. The average molecular weight is 258 g/mol. The van der Waals surface area contributed by atoms with E-state index in [4.69, 9.17) is 15.2 Å². The van der Waals surface area contributed by atoms with Crippen molar-refractivity contribution in [2.75, 3.05) is 13.2 Å². The molecule has 1 aromatic carbocycles. The molecule has 0 fully saturated rings. The monoisotopic (exact) mass is 258 g/mol. The maximum Gasteiger partial charge on any atom is 0.136 e. The number of pyridine rings is 1. The van der Waals surface area contributed by atoms with Crippen LogP contribution in [-0.2, 0) is 0 Å². The van der Waals surface area contributed by atoms with Gasteiger partial charge in [0, 0.05) is 18.9 Å². The molecule has 0 aliphatic carbocycles. The highest BCUT2D eigenvalue weighted by molar-refractivity contribution is 5.32. The molecular formula is C15H18N2O2. The number of hydrogen-bond acceptors (Lipinski definition) is 4.